The van der Waals surface area contributed by atoms with Crippen LogP contribution in [0.5, 0.6) is 0 Å². The van der Waals surface area contributed by atoms with Crippen molar-refractivity contribution < 1.29 is 19.4 Å². The molecule has 0 aromatic heterocycles. The number of ketones is 1. The lowest BCUT2D eigenvalue weighted by atomic mass is 9.87. The van der Waals surface area contributed by atoms with Crippen LogP contribution in [0.4, 0.5) is 0 Å². The van der Waals surface area contributed by atoms with Crippen LogP contribution in [0.3, 0.4) is 0 Å². The first-order chi connectivity index (χ1) is 13.5. The Hall–Kier alpha value is -1.16. The summed E-state index contributed by atoms with van der Waals surface area (Å²) in [4.78, 5) is 23.6. The standard InChI is InChI=1S/C24H42O4/c1-4-7-12-19(5-2)22(25)17-15-20-16-18-23(26)21(20)13-10-8-9-11-14-24(27)28-6-3/h15,17,19-22,25H,4-14,16,18H2,1-3H3/b17-15+/t19?,20?,21-,22-/m1/s1. The summed E-state index contributed by atoms with van der Waals surface area (Å²) < 4.78 is 4.94. The minimum absolute atomic E-state index is 0.110. The van der Waals surface area contributed by atoms with E-state index in [0.717, 1.165) is 64.2 Å². The van der Waals surface area contributed by atoms with E-state index in [1.54, 1.807) is 0 Å². The highest BCUT2D eigenvalue weighted by atomic mass is 16.5. The Labute approximate surface area is 172 Å². The Morgan fingerprint density at radius 2 is 1.93 bits per heavy atom. The second-order valence-corrected chi connectivity index (χ2v) is 8.22. The number of carbonyl (C=O) groups excluding carboxylic acids is 2. The first-order valence-corrected chi connectivity index (χ1v) is 11.6. The zero-order chi connectivity index (χ0) is 20.8. The van der Waals surface area contributed by atoms with Crippen molar-refractivity contribution >= 4 is 11.8 Å². The zero-order valence-electron chi connectivity index (χ0n) is 18.3. The fourth-order valence-corrected chi connectivity index (χ4v) is 4.26. The zero-order valence-corrected chi connectivity index (χ0v) is 18.3. The summed E-state index contributed by atoms with van der Waals surface area (Å²) in [6.07, 6.45) is 15.0. The van der Waals surface area contributed by atoms with Crippen molar-refractivity contribution in [1.82, 2.24) is 0 Å². The van der Waals surface area contributed by atoms with Gasteiger partial charge < -0.3 is 9.84 Å². The minimum Gasteiger partial charge on any atom is -0.466 e. The number of allylic oxidation sites excluding steroid dienone is 1. The molecule has 0 saturated heterocycles. The molecule has 1 rings (SSSR count). The normalized spacial score (nSPS) is 21.9. The number of Topliss-reactive ketones (excluding diaryl/α,β-unsaturated/α-hetero) is 1. The summed E-state index contributed by atoms with van der Waals surface area (Å²) in [7, 11) is 0. The van der Waals surface area contributed by atoms with Crippen molar-refractivity contribution in [3.05, 3.63) is 12.2 Å². The van der Waals surface area contributed by atoms with E-state index in [1.165, 1.54) is 0 Å². The van der Waals surface area contributed by atoms with E-state index in [1.807, 2.05) is 13.0 Å². The van der Waals surface area contributed by atoms with Gasteiger partial charge in [0, 0.05) is 18.8 Å². The van der Waals surface area contributed by atoms with Crippen molar-refractivity contribution in [3.8, 4) is 0 Å². The van der Waals surface area contributed by atoms with Crippen LogP contribution < -0.4 is 0 Å². The molecule has 0 amide bonds. The van der Waals surface area contributed by atoms with Crippen LogP contribution in [-0.2, 0) is 14.3 Å². The average molecular weight is 395 g/mol. The van der Waals surface area contributed by atoms with Crippen LogP contribution in [-0.4, -0.2) is 29.6 Å². The molecule has 0 spiro atoms. The lowest BCUT2D eigenvalue weighted by Crippen LogP contribution is -2.19. The molecule has 4 atom stereocenters. The summed E-state index contributed by atoms with van der Waals surface area (Å²) >= 11 is 0. The fraction of sp³-hybridized carbons (Fsp3) is 0.833. The van der Waals surface area contributed by atoms with Gasteiger partial charge in [-0.15, -0.1) is 0 Å². The molecule has 0 heterocycles. The third kappa shape index (κ3) is 9.36. The molecule has 1 saturated carbocycles. The van der Waals surface area contributed by atoms with Crippen molar-refractivity contribution in [2.75, 3.05) is 6.61 Å². The van der Waals surface area contributed by atoms with Crippen molar-refractivity contribution in [2.45, 2.75) is 104 Å². The highest BCUT2D eigenvalue weighted by Gasteiger charge is 2.32. The quantitative estimate of drug-likeness (QED) is 0.222. The summed E-state index contributed by atoms with van der Waals surface area (Å²) in [5, 5.41) is 10.5. The highest BCUT2D eigenvalue weighted by Crippen LogP contribution is 2.34. The number of esters is 1. The molecule has 4 nitrogen and oxygen atoms in total. The molecule has 0 bridgehead atoms. The van der Waals surface area contributed by atoms with E-state index >= 15 is 0 Å². The van der Waals surface area contributed by atoms with Gasteiger partial charge in [0.2, 0.25) is 0 Å². The van der Waals surface area contributed by atoms with Crippen LogP contribution in [0.25, 0.3) is 0 Å². The summed E-state index contributed by atoms with van der Waals surface area (Å²) in [5.74, 6) is 0.996. The van der Waals surface area contributed by atoms with Gasteiger partial charge in [-0.2, -0.15) is 0 Å². The van der Waals surface area contributed by atoms with Crippen LogP contribution in [0.15, 0.2) is 12.2 Å². The smallest absolute Gasteiger partial charge is 0.305 e. The average Bonchev–Trinajstić information content (AvgIpc) is 3.03. The number of aliphatic hydroxyl groups is 1. The first kappa shape index (κ1) is 24.9. The maximum atomic E-state index is 12.3. The van der Waals surface area contributed by atoms with Gasteiger partial charge >= 0.3 is 5.97 Å². The van der Waals surface area contributed by atoms with Gasteiger partial charge in [0.05, 0.1) is 12.7 Å². The topological polar surface area (TPSA) is 63.6 Å². The van der Waals surface area contributed by atoms with Gasteiger partial charge in [-0.25, -0.2) is 0 Å². The molecule has 1 N–H and O–H groups in total. The lowest BCUT2D eigenvalue weighted by molar-refractivity contribution is -0.143. The summed E-state index contributed by atoms with van der Waals surface area (Å²) in [6, 6.07) is 0. The third-order valence-corrected chi connectivity index (χ3v) is 6.10. The van der Waals surface area contributed by atoms with Crippen LogP contribution in [0, 0.1) is 17.8 Å². The second-order valence-electron chi connectivity index (χ2n) is 8.22. The molecule has 2 unspecified atom stereocenters. The lowest BCUT2D eigenvalue weighted by Gasteiger charge is -2.20. The largest absolute Gasteiger partial charge is 0.466 e. The predicted molar refractivity (Wildman–Crippen MR) is 114 cm³/mol. The number of aliphatic hydroxyl groups excluding tert-OH is 1. The fourth-order valence-electron chi connectivity index (χ4n) is 4.26. The van der Waals surface area contributed by atoms with Crippen LogP contribution in [0.1, 0.15) is 97.8 Å². The molecule has 28 heavy (non-hydrogen) atoms. The molecular formula is C24H42O4. The second kappa shape index (κ2) is 14.8. The van der Waals surface area contributed by atoms with Gasteiger partial charge in [0.1, 0.15) is 5.78 Å². The molecule has 1 aliphatic carbocycles. The molecule has 0 radical (unpaired) electrons. The Morgan fingerprint density at radius 3 is 2.61 bits per heavy atom. The molecule has 162 valence electrons. The van der Waals surface area contributed by atoms with Crippen molar-refractivity contribution in [3.63, 3.8) is 0 Å². The third-order valence-electron chi connectivity index (χ3n) is 6.10. The van der Waals surface area contributed by atoms with Crippen LogP contribution >= 0.6 is 0 Å². The van der Waals surface area contributed by atoms with Gasteiger partial charge in [-0.05, 0) is 44.4 Å². The molecule has 0 aromatic rings. The maximum Gasteiger partial charge on any atom is 0.305 e. The summed E-state index contributed by atoms with van der Waals surface area (Å²) in [6.45, 7) is 6.60. The number of unbranched alkanes of at least 4 members (excludes halogenated alkanes) is 4. The SMILES string of the molecule is CCCCC(CC)[C@H](O)/C=C/C1CCC(=O)[C@@H]1CCCCCCC(=O)OCC. The van der Waals surface area contributed by atoms with E-state index in [2.05, 4.69) is 19.9 Å². The maximum absolute atomic E-state index is 12.3. The molecule has 0 aromatic carbocycles. The molecular weight excluding hydrogens is 352 g/mol. The first-order valence-electron chi connectivity index (χ1n) is 11.6. The van der Waals surface area contributed by atoms with Crippen molar-refractivity contribution in [1.29, 1.82) is 0 Å². The molecule has 4 heteroatoms. The van der Waals surface area contributed by atoms with Crippen molar-refractivity contribution in [2.24, 2.45) is 17.8 Å². The van der Waals surface area contributed by atoms with E-state index in [-0.39, 0.29) is 17.8 Å². The molecule has 1 aliphatic rings. The van der Waals surface area contributed by atoms with Gasteiger partial charge in [-0.3, -0.25) is 9.59 Å². The monoisotopic (exact) mass is 394 g/mol. The number of hydrogen-bond acceptors (Lipinski definition) is 4. The number of rotatable bonds is 15. The Kier molecular flexibility index (Phi) is 13.1. The van der Waals surface area contributed by atoms with E-state index in [0.29, 0.717) is 31.1 Å². The van der Waals surface area contributed by atoms with Crippen LogP contribution in [0.2, 0.25) is 0 Å². The number of hydrogen-bond donors (Lipinski definition) is 1. The minimum atomic E-state index is -0.393. The van der Waals surface area contributed by atoms with E-state index in [9.17, 15) is 14.7 Å². The Morgan fingerprint density at radius 1 is 1.18 bits per heavy atom. The highest BCUT2D eigenvalue weighted by molar-refractivity contribution is 5.83. The molecule has 0 aliphatic heterocycles. The van der Waals surface area contributed by atoms with Gasteiger partial charge in [0.15, 0.2) is 0 Å². The summed E-state index contributed by atoms with van der Waals surface area (Å²) in [5.41, 5.74) is 0. The Bertz CT molecular complexity index is 471. The van der Waals surface area contributed by atoms with E-state index < -0.39 is 6.10 Å². The predicted octanol–water partition coefficient (Wildman–Crippen LogP) is 5.62. The van der Waals surface area contributed by atoms with E-state index in [4.69, 9.17) is 4.74 Å². The number of carbonyl (C=O) groups is 2. The molecule has 1 fully saturated rings. The van der Waals surface area contributed by atoms with Gasteiger partial charge in [0.25, 0.3) is 0 Å². The number of ether oxygens (including phenoxy) is 1. The Balaban J connectivity index is 2.36. The van der Waals surface area contributed by atoms with Gasteiger partial charge in [-0.1, -0.05) is 64.5 Å².